The van der Waals surface area contributed by atoms with Crippen molar-refractivity contribution in [1.82, 2.24) is 19.7 Å². The summed E-state index contributed by atoms with van der Waals surface area (Å²) in [5, 5.41) is 4.53. The van der Waals surface area contributed by atoms with Gasteiger partial charge in [-0.05, 0) is 26.0 Å². The van der Waals surface area contributed by atoms with Gasteiger partial charge in [0.25, 0.3) is 0 Å². The second-order valence-electron chi connectivity index (χ2n) is 6.68. The van der Waals surface area contributed by atoms with Gasteiger partial charge in [0.05, 0.1) is 18.0 Å². The van der Waals surface area contributed by atoms with Crippen molar-refractivity contribution in [2.75, 3.05) is 38.7 Å². The predicted molar refractivity (Wildman–Crippen MR) is 95.2 cm³/mol. The first-order valence-electron chi connectivity index (χ1n) is 8.43. The van der Waals surface area contributed by atoms with Crippen molar-refractivity contribution in [2.24, 2.45) is 7.05 Å². The summed E-state index contributed by atoms with van der Waals surface area (Å²) in [7, 11) is 6.02. The van der Waals surface area contributed by atoms with Crippen LogP contribution in [-0.2, 0) is 18.3 Å². The van der Waals surface area contributed by atoms with E-state index in [1.807, 2.05) is 36.8 Å². The molecule has 3 heterocycles. The molecule has 130 valence electrons. The number of pyridine rings is 1. The summed E-state index contributed by atoms with van der Waals surface area (Å²) in [4.78, 5) is 9.19. The quantitative estimate of drug-likeness (QED) is 0.859. The maximum absolute atomic E-state index is 5.99. The highest BCUT2D eigenvalue weighted by atomic mass is 16.5. The van der Waals surface area contributed by atoms with E-state index in [2.05, 4.69) is 36.0 Å². The summed E-state index contributed by atoms with van der Waals surface area (Å²) < 4.78 is 7.95. The highest BCUT2D eigenvalue weighted by molar-refractivity contribution is 5.37. The first-order valence-corrected chi connectivity index (χ1v) is 8.43. The standard InChI is InChI=1S/C18H27N5O/c1-13-15(14(2)22(5)20-13)11-23-9-10-24-17(12-23)16-7-6-8-18(19-16)21(3)4/h6-8,17H,9-12H2,1-5H3. The molecule has 0 amide bonds. The summed E-state index contributed by atoms with van der Waals surface area (Å²) in [5.74, 6) is 0.965. The minimum atomic E-state index is 0.0240. The van der Waals surface area contributed by atoms with E-state index in [4.69, 9.17) is 9.72 Å². The van der Waals surface area contributed by atoms with E-state index in [0.29, 0.717) is 0 Å². The number of ether oxygens (including phenoxy) is 1. The summed E-state index contributed by atoms with van der Waals surface area (Å²) in [5.41, 5.74) is 4.69. The molecular formula is C18H27N5O. The molecule has 6 nitrogen and oxygen atoms in total. The van der Waals surface area contributed by atoms with Crippen molar-refractivity contribution in [3.8, 4) is 0 Å². The molecule has 24 heavy (non-hydrogen) atoms. The number of nitrogens with zero attached hydrogens (tertiary/aromatic N) is 5. The lowest BCUT2D eigenvalue weighted by Crippen LogP contribution is -2.38. The highest BCUT2D eigenvalue weighted by Crippen LogP contribution is 2.24. The van der Waals surface area contributed by atoms with Crippen LogP contribution in [0.15, 0.2) is 18.2 Å². The Hall–Kier alpha value is -1.92. The molecule has 1 fully saturated rings. The maximum atomic E-state index is 5.99. The van der Waals surface area contributed by atoms with E-state index >= 15 is 0 Å². The fourth-order valence-corrected chi connectivity index (χ4v) is 3.16. The van der Waals surface area contributed by atoms with Gasteiger partial charge in [0.1, 0.15) is 11.9 Å². The Morgan fingerprint density at radius 1 is 1.29 bits per heavy atom. The van der Waals surface area contributed by atoms with E-state index in [-0.39, 0.29) is 6.10 Å². The summed E-state index contributed by atoms with van der Waals surface area (Å²) in [6.07, 6.45) is 0.0240. The SMILES string of the molecule is Cc1nn(C)c(C)c1CN1CCOC(c2cccc(N(C)C)n2)C1. The van der Waals surface area contributed by atoms with Crippen LogP contribution in [0.2, 0.25) is 0 Å². The topological polar surface area (TPSA) is 46.4 Å². The van der Waals surface area contributed by atoms with Crippen molar-refractivity contribution in [1.29, 1.82) is 0 Å². The number of morpholine rings is 1. The van der Waals surface area contributed by atoms with Crippen LogP contribution in [0.1, 0.15) is 28.7 Å². The van der Waals surface area contributed by atoms with Crippen molar-refractivity contribution in [3.05, 3.63) is 40.8 Å². The molecule has 2 aromatic heterocycles. The Morgan fingerprint density at radius 3 is 2.75 bits per heavy atom. The smallest absolute Gasteiger partial charge is 0.128 e. The van der Waals surface area contributed by atoms with Crippen LogP contribution >= 0.6 is 0 Å². The zero-order valence-electron chi connectivity index (χ0n) is 15.3. The fraction of sp³-hybridized carbons (Fsp3) is 0.556. The molecule has 3 rings (SSSR count). The molecule has 0 aromatic carbocycles. The molecular weight excluding hydrogens is 302 g/mol. The fourth-order valence-electron chi connectivity index (χ4n) is 3.16. The van der Waals surface area contributed by atoms with E-state index in [1.54, 1.807) is 0 Å². The second-order valence-corrected chi connectivity index (χ2v) is 6.68. The Morgan fingerprint density at radius 2 is 2.08 bits per heavy atom. The normalized spacial score (nSPS) is 18.8. The zero-order valence-corrected chi connectivity index (χ0v) is 15.3. The molecule has 0 radical (unpaired) electrons. The van der Waals surface area contributed by atoms with E-state index in [9.17, 15) is 0 Å². The molecule has 0 aliphatic carbocycles. The minimum Gasteiger partial charge on any atom is -0.369 e. The van der Waals surface area contributed by atoms with Crippen LogP contribution in [-0.4, -0.2) is 53.5 Å². The van der Waals surface area contributed by atoms with Gasteiger partial charge in [-0.1, -0.05) is 6.07 Å². The lowest BCUT2D eigenvalue weighted by atomic mass is 10.1. The van der Waals surface area contributed by atoms with Crippen LogP contribution < -0.4 is 4.90 Å². The highest BCUT2D eigenvalue weighted by Gasteiger charge is 2.25. The number of aromatic nitrogens is 3. The minimum absolute atomic E-state index is 0.0240. The summed E-state index contributed by atoms with van der Waals surface area (Å²) >= 11 is 0. The van der Waals surface area contributed by atoms with Crippen molar-refractivity contribution in [3.63, 3.8) is 0 Å². The van der Waals surface area contributed by atoms with Crippen LogP contribution in [0.4, 0.5) is 5.82 Å². The van der Waals surface area contributed by atoms with Gasteiger partial charge >= 0.3 is 0 Å². The van der Waals surface area contributed by atoms with Crippen LogP contribution in [0.3, 0.4) is 0 Å². The Balaban J connectivity index is 1.74. The van der Waals surface area contributed by atoms with Crippen molar-refractivity contribution in [2.45, 2.75) is 26.5 Å². The van der Waals surface area contributed by atoms with Crippen molar-refractivity contribution >= 4 is 5.82 Å². The monoisotopic (exact) mass is 329 g/mol. The molecule has 1 saturated heterocycles. The molecule has 0 saturated carbocycles. The summed E-state index contributed by atoms with van der Waals surface area (Å²) in [6.45, 7) is 7.67. The molecule has 1 atom stereocenters. The maximum Gasteiger partial charge on any atom is 0.128 e. The van der Waals surface area contributed by atoms with Gasteiger partial charge in [-0.15, -0.1) is 0 Å². The third kappa shape index (κ3) is 3.44. The molecule has 6 heteroatoms. The van der Waals surface area contributed by atoms with Gasteiger partial charge in [-0.2, -0.15) is 5.10 Å². The molecule has 1 aliphatic rings. The zero-order chi connectivity index (χ0) is 17.3. The molecule has 0 bridgehead atoms. The van der Waals surface area contributed by atoms with Crippen molar-refractivity contribution < 1.29 is 4.74 Å². The molecule has 0 spiro atoms. The van der Waals surface area contributed by atoms with Gasteiger partial charge in [0, 0.05) is 52.0 Å². The average Bonchev–Trinajstić information content (AvgIpc) is 2.81. The van der Waals surface area contributed by atoms with Gasteiger partial charge < -0.3 is 9.64 Å². The third-order valence-electron chi connectivity index (χ3n) is 4.74. The van der Waals surface area contributed by atoms with E-state index in [0.717, 1.165) is 43.4 Å². The lowest BCUT2D eigenvalue weighted by molar-refractivity contribution is -0.0350. The molecule has 0 N–H and O–H groups in total. The largest absolute Gasteiger partial charge is 0.369 e. The van der Waals surface area contributed by atoms with Crippen LogP contribution in [0, 0.1) is 13.8 Å². The Bertz CT molecular complexity index is 709. The molecule has 1 aliphatic heterocycles. The first kappa shape index (κ1) is 16.9. The van der Waals surface area contributed by atoms with E-state index < -0.39 is 0 Å². The number of aryl methyl sites for hydroxylation is 2. The van der Waals surface area contributed by atoms with E-state index in [1.165, 1.54) is 11.3 Å². The number of hydrogen-bond acceptors (Lipinski definition) is 5. The van der Waals surface area contributed by atoms with Gasteiger partial charge in [0.2, 0.25) is 0 Å². The lowest BCUT2D eigenvalue weighted by Gasteiger charge is -2.33. The number of hydrogen-bond donors (Lipinski definition) is 0. The van der Waals surface area contributed by atoms with Gasteiger partial charge in [-0.25, -0.2) is 4.98 Å². The van der Waals surface area contributed by atoms with Gasteiger partial charge in [-0.3, -0.25) is 9.58 Å². The van der Waals surface area contributed by atoms with Crippen LogP contribution in [0.25, 0.3) is 0 Å². The predicted octanol–water partition coefficient (Wildman–Crippen LogP) is 2.07. The first-order chi connectivity index (χ1) is 11.5. The average molecular weight is 329 g/mol. The number of rotatable bonds is 4. The molecule has 1 unspecified atom stereocenters. The summed E-state index contributed by atoms with van der Waals surface area (Å²) in [6, 6.07) is 6.13. The third-order valence-corrected chi connectivity index (χ3v) is 4.74. The Kier molecular flexibility index (Phi) is 4.87. The van der Waals surface area contributed by atoms with Gasteiger partial charge in [0.15, 0.2) is 0 Å². The van der Waals surface area contributed by atoms with Crippen LogP contribution in [0.5, 0.6) is 0 Å². The number of anilines is 1. The molecule has 2 aromatic rings. The second kappa shape index (κ2) is 6.91. The Labute approximate surface area is 144 Å².